The largest absolute Gasteiger partial charge is 0.350 e. The van der Waals surface area contributed by atoms with Crippen LogP contribution in [0.5, 0.6) is 0 Å². The zero-order valence-corrected chi connectivity index (χ0v) is 16.6. The van der Waals surface area contributed by atoms with Crippen molar-refractivity contribution in [3.05, 3.63) is 80.3 Å². The Bertz CT molecular complexity index is 1180. The molecule has 0 unspecified atom stereocenters. The first-order valence-electron chi connectivity index (χ1n) is 8.14. The first kappa shape index (κ1) is 18.1. The summed E-state index contributed by atoms with van der Waals surface area (Å²) in [6.45, 7) is 1.86. The van der Waals surface area contributed by atoms with Crippen molar-refractivity contribution in [2.24, 2.45) is 0 Å². The number of halogens is 2. The predicted octanol–water partition coefficient (Wildman–Crippen LogP) is 4.99. The summed E-state index contributed by atoms with van der Waals surface area (Å²) in [5, 5.41) is 6.19. The number of thioether (sulfide) groups is 1. The predicted molar refractivity (Wildman–Crippen MR) is 110 cm³/mol. The van der Waals surface area contributed by atoms with Crippen molar-refractivity contribution in [3.8, 4) is 11.1 Å². The average Bonchev–Trinajstić information content (AvgIpc) is 2.98. The number of nitrogens with zero attached hydrogens (tertiary/aromatic N) is 3. The Morgan fingerprint density at radius 3 is 2.63 bits per heavy atom. The van der Waals surface area contributed by atoms with Crippen LogP contribution in [0.1, 0.15) is 11.3 Å². The monoisotopic (exact) mass is 416 g/mol. The quantitative estimate of drug-likeness (QED) is 0.475. The molecule has 0 aliphatic rings. The zero-order chi connectivity index (χ0) is 19.0. The van der Waals surface area contributed by atoms with Crippen molar-refractivity contribution in [2.75, 3.05) is 0 Å². The minimum atomic E-state index is -0.322. The van der Waals surface area contributed by atoms with Gasteiger partial charge in [0.2, 0.25) is 0 Å². The van der Waals surface area contributed by atoms with E-state index in [0.29, 0.717) is 26.6 Å². The van der Waals surface area contributed by atoms with E-state index in [4.69, 9.17) is 23.2 Å². The maximum Gasteiger partial charge on any atom is 0.350 e. The van der Waals surface area contributed by atoms with Gasteiger partial charge in [-0.05, 0) is 42.3 Å². The summed E-state index contributed by atoms with van der Waals surface area (Å²) in [6.07, 6.45) is 0. The molecule has 0 aliphatic carbocycles. The highest BCUT2D eigenvalue weighted by Gasteiger charge is 2.16. The van der Waals surface area contributed by atoms with Crippen molar-refractivity contribution >= 4 is 40.6 Å². The van der Waals surface area contributed by atoms with Gasteiger partial charge in [-0.3, -0.25) is 4.98 Å². The van der Waals surface area contributed by atoms with Gasteiger partial charge in [0.25, 0.3) is 0 Å². The Morgan fingerprint density at radius 2 is 1.89 bits per heavy atom. The molecule has 4 rings (SSSR count). The Labute approximate surface area is 169 Å². The lowest BCUT2D eigenvalue weighted by Crippen LogP contribution is -2.19. The van der Waals surface area contributed by atoms with Crippen LogP contribution in [0.4, 0.5) is 0 Å². The Morgan fingerprint density at radius 1 is 1.11 bits per heavy atom. The second kappa shape index (κ2) is 7.38. The molecule has 2 aromatic carbocycles. The van der Waals surface area contributed by atoms with E-state index in [1.165, 1.54) is 16.3 Å². The van der Waals surface area contributed by atoms with E-state index in [0.717, 1.165) is 22.4 Å². The molecule has 0 atom stereocenters. The summed E-state index contributed by atoms with van der Waals surface area (Å²) >= 11 is 13.5. The molecule has 0 amide bonds. The lowest BCUT2D eigenvalue weighted by atomic mass is 10.1. The number of hydrogen-bond donors (Lipinski definition) is 1. The third kappa shape index (κ3) is 3.74. The number of aryl methyl sites for hydroxylation is 1. The number of H-pyrrole nitrogens is 1. The highest BCUT2D eigenvalue weighted by Crippen LogP contribution is 2.29. The molecule has 27 heavy (non-hydrogen) atoms. The number of fused-ring (bicyclic) bond motifs is 1. The maximum absolute atomic E-state index is 12.5. The van der Waals surface area contributed by atoms with Crippen molar-refractivity contribution in [2.45, 2.75) is 17.8 Å². The van der Waals surface area contributed by atoms with Gasteiger partial charge >= 0.3 is 5.69 Å². The van der Waals surface area contributed by atoms with E-state index in [1.807, 2.05) is 55.5 Å². The van der Waals surface area contributed by atoms with Crippen LogP contribution in [-0.4, -0.2) is 19.6 Å². The van der Waals surface area contributed by atoms with Gasteiger partial charge in [0, 0.05) is 21.4 Å². The van der Waals surface area contributed by atoms with Gasteiger partial charge < -0.3 is 0 Å². The lowest BCUT2D eigenvalue weighted by Gasteiger charge is -2.04. The first-order chi connectivity index (χ1) is 13.0. The van der Waals surface area contributed by atoms with Crippen molar-refractivity contribution in [1.29, 1.82) is 0 Å². The van der Waals surface area contributed by atoms with Crippen molar-refractivity contribution < 1.29 is 0 Å². The molecule has 0 spiro atoms. The molecule has 5 nitrogen and oxygen atoms in total. The minimum absolute atomic E-state index is 0.322. The van der Waals surface area contributed by atoms with Crippen LogP contribution in [0, 0.1) is 6.92 Å². The van der Waals surface area contributed by atoms with Gasteiger partial charge in [-0.15, -0.1) is 0 Å². The van der Waals surface area contributed by atoms with Crippen LogP contribution < -0.4 is 5.69 Å². The molecule has 0 fully saturated rings. The maximum atomic E-state index is 12.5. The van der Waals surface area contributed by atoms with Crippen LogP contribution >= 0.6 is 35.0 Å². The van der Waals surface area contributed by atoms with Gasteiger partial charge in [-0.25, -0.2) is 9.78 Å². The number of nitrogens with one attached hydrogen (secondary N) is 1. The molecule has 2 aromatic heterocycles. The zero-order valence-electron chi connectivity index (χ0n) is 14.2. The van der Waals surface area contributed by atoms with Gasteiger partial charge in [0.15, 0.2) is 10.8 Å². The minimum Gasteiger partial charge on any atom is -0.285 e. The fraction of sp³-hybridized carbons (Fsp3) is 0.105. The molecule has 8 heteroatoms. The average molecular weight is 417 g/mol. The van der Waals surface area contributed by atoms with Crippen LogP contribution in [0.25, 0.3) is 16.8 Å². The van der Waals surface area contributed by atoms with Gasteiger partial charge in [0.1, 0.15) is 0 Å². The van der Waals surface area contributed by atoms with Crippen LogP contribution in [0.2, 0.25) is 10.0 Å². The molecule has 2 heterocycles. The van der Waals surface area contributed by atoms with E-state index in [1.54, 1.807) is 0 Å². The molecule has 0 saturated heterocycles. The number of aromatic amines is 1. The van der Waals surface area contributed by atoms with Gasteiger partial charge in [-0.1, -0.05) is 59.2 Å². The number of benzene rings is 2. The van der Waals surface area contributed by atoms with Crippen molar-refractivity contribution in [3.63, 3.8) is 0 Å². The summed E-state index contributed by atoms with van der Waals surface area (Å²) in [5.41, 5.74) is 3.71. The summed E-state index contributed by atoms with van der Waals surface area (Å²) < 4.78 is 1.29. The fourth-order valence-electron chi connectivity index (χ4n) is 2.83. The molecule has 0 saturated carbocycles. The van der Waals surface area contributed by atoms with E-state index in [2.05, 4.69) is 15.1 Å². The molecule has 136 valence electrons. The third-order valence-corrected chi connectivity index (χ3v) is 5.48. The van der Waals surface area contributed by atoms with Gasteiger partial charge in [-0.2, -0.15) is 9.61 Å². The third-order valence-electron chi connectivity index (χ3n) is 4.05. The standard InChI is InChI=1S/C19H14Cl2N4OS/c1-11-16(13-5-7-14(20)8-6-13)17-22-18(23-19(26)25(17)24-11)27-10-12-3-2-4-15(21)9-12/h2-9H,10H2,1H3,(H,22,23,26). The topological polar surface area (TPSA) is 63.1 Å². The van der Waals surface area contributed by atoms with E-state index in [-0.39, 0.29) is 5.69 Å². The number of aromatic nitrogens is 4. The van der Waals surface area contributed by atoms with Gasteiger partial charge in [0.05, 0.1) is 5.69 Å². The van der Waals surface area contributed by atoms with E-state index >= 15 is 0 Å². The Hall–Kier alpha value is -2.28. The SMILES string of the molecule is Cc1nn2c(=O)[nH]c(SCc3cccc(Cl)c3)nc2c1-c1ccc(Cl)cc1. The van der Waals surface area contributed by atoms with E-state index < -0.39 is 0 Å². The normalized spacial score (nSPS) is 11.2. The summed E-state index contributed by atoms with van der Waals surface area (Å²) in [7, 11) is 0. The summed E-state index contributed by atoms with van der Waals surface area (Å²) in [4.78, 5) is 19.9. The van der Waals surface area contributed by atoms with Crippen LogP contribution in [0.15, 0.2) is 58.5 Å². The molecule has 1 N–H and O–H groups in total. The molecule has 0 bridgehead atoms. The summed E-state index contributed by atoms with van der Waals surface area (Å²) in [5.74, 6) is 0.642. The molecule has 4 aromatic rings. The fourth-order valence-corrected chi connectivity index (χ4v) is 3.96. The Balaban J connectivity index is 1.74. The molecular formula is C19H14Cl2N4OS. The number of rotatable bonds is 4. The van der Waals surface area contributed by atoms with Crippen molar-refractivity contribution in [1.82, 2.24) is 19.6 Å². The summed E-state index contributed by atoms with van der Waals surface area (Å²) in [6, 6.07) is 15.0. The van der Waals surface area contributed by atoms with Crippen LogP contribution in [0.3, 0.4) is 0 Å². The first-order valence-corrected chi connectivity index (χ1v) is 9.88. The van der Waals surface area contributed by atoms with Crippen LogP contribution in [-0.2, 0) is 5.75 Å². The highest BCUT2D eigenvalue weighted by atomic mass is 35.5. The highest BCUT2D eigenvalue weighted by molar-refractivity contribution is 7.98. The second-order valence-electron chi connectivity index (χ2n) is 5.97. The lowest BCUT2D eigenvalue weighted by molar-refractivity contribution is 0.780. The smallest absolute Gasteiger partial charge is 0.285 e. The molecule has 0 radical (unpaired) electrons. The second-order valence-corrected chi connectivity index (χ2v) is 7.81. The molecular weight excluding hydrogens is 403 g/mol. The molecule has 0 aliphatic heterocycles. The number of hydrogen-bond acceptors (Lipinski definition) is 4. The van der Waals surface area contributed by atoms with E-state index in [9.17, 15) is 4.79 Å². The Kier molecular flexibility index (Phi) is 4.95.